The van der Waals surface area contributed by atoms with E-state index in [0.717, 1.165) is 36.9 Å². The Morgan fingerprint density at radius 3 is 2.30 bits per heavy atom. The Morgan fingerprint density at radius 1 is 1.00 bits per heavy atom. The zero-order chi connectivity index (χ0) is 19.1. The molecule has 0 saturated carbocycles. The summed E-state index contributed by atoms with van der Waals surface area (Å²) in [5.74, 6) is -0.0430. The summed E-state index contributed by atoms with van der Waals surface area (Å²) in [6.45, 7) is 1.98. The lowest BCUT2D eigenvalue weighted by Gasteiger charge is -2.25. The molecule has 4 nitrogen and oxygen atoms in total. The third kappa shape index (κ3) is 5.43. The summed E-state index contributed by atoms with van der Waals surface area (Å²) in [7, 11) is 1.82. The van der Waals surface area contributed by atoms with Gasteiger partial charge in [0.1, 0.15) is 0 Å². The lowest BCUT2D eigenvalue weighted by Crippen LogP contribution is -2.37. The molecule has 0 N–H and O–H groups in total. The van der Waals surface area contributed by atoms with Gasteiger partial charge in [-0.3, -0.25) is 9.59 Å². The van der Waals surface area contributed by atoms with E-state index in [0.29, 0.717) is 19.5 Å². The predicted molar refractivity (Wildman–Crippen MR) is 107 cm³/mol. The monoisotopic (exact) mass is 364 g/mol. The highest BCUT2D eigenvalue weighted by atomic mass is 16.2. The van der Waals surface area contributed by atoms with Crippen molar-refractivity contribution in [3.05, 3.63) is 71.8 Å². The Kier molecular flexibility index (Phi) is 6.64. The zero-order valence-electron chi connectivity index (χ0n) is 16.0. The molecule has 0 spiro atoms. The summed E-state index contributed by atoms with van der Waals surface area (Å²) in [5, 5.41) is 0. The highest BCUT2D eigenvalue weighted by Crippen LogP contribution is 2.23. The number of likely N-dealkylation sites (tertiary alicyclic amines) is 1. The van der Waals surface area contributed by atoms with E-state index in [1.165, 1.54) is 0 Å². The van der Waals surface area contributed by atoms with Crippen LogP contribution in [0.2, 0.25) is 0 Å². The number of carbonyl (C=O) groups is 2. The normalized spacial score (nSPS) is 17.4. The first-order valence-corrected chi connectivity index (χ1v) is 9.74. The second kappa shape index (κ2) is 9.36. The number of hydrogen-bond acceptors (Lipinski definition) is 2. The van der Waals surface area contributed by atoms with E-state index >= 15 is 0 Å². The van der Waals surface area contributed by atoms with Gasteiger partial charge in [-0.1, -0.05) is 67.1 Å². The van der Waals surface area contributed by atoms with Crippen molar-refractivity contribution in [3.8, 4) is 0 Å². The molecular formula is C23H28N2O2. The molecule has 0 aromatic heterocycles. The van der Waals surface area contributed by atoms with Crippen LogP contribution in [0.4, 0.5) is 0 Å². The summed E-state index contributed by atoms with van der Waals surface area (Å²) >= 11 is 0. The van der Waals surface area contributed by atoms with Gasteiger partial charge in [0.25, 0.3) is 0 Å². The molecule has 142 valence electrons. The van der Waals surface area contributed by atoms with Gasteiger partial charge >= 0.3 is 0 Å². The van der Waals surface area contributed by atoms with Gasteiger partial charge in [0.05, 0.1) is 0 Å². The standard InChI is InChI=1S/C23H28N2O2/c1-24(17-19-10-4-2-5-11-19)22(26)16-21-14-8-9-15-25(23(21)27)18-20-12-6-3-7-13-20/h2-7,10-13,21H,8-9,14-18H2,1H3. The van der Waals surface area contributed by atoms with Gasteiger partial charge in [-0.05, 0) is 24.0 Å². The van der Waals surface area contributed by atoms with E-state index in [1.54, 1.807) is 4.90 Å². The number of amides is 2. The molecular weight excluding hydrogens is 336 g/mol. The molecule has 0 radical (unpaired) electrons. The third-order valence-corrected chi connectivity index (χ3v) is 5.22. The first kappa shape index (κ1) is 19.2. The van der Waals surface area contributed by atoms with Crippen molar-refractivity contribution in [2.24, 2.45) is 5.92 Å². The third-order valence-electron chi connectivity index (χ3n) is 5.22. The zero-order valence-corrected chi connectivity index (χ0v) is 16.0. The number of hydrogen-bond donors (Lipinski definition) is 0. The van der Waals surface area contributed by atoms with Crippen LogP contribution in [-0.2, 0) is 22.7 Å². The number of nitrogens with zero attached hydrogens (tertiary/aromatic N) is 2. The van der Waals surface area contributed by atoms with Crippen LogP contribution in [0.15, 0.2) is 60.7 Å². The van der Waals surface area contributed by atoms with Crippen LogP contribution in [0.3, 0.4) is 0 Å². The molecule has 1 heterocycles. The largest absolute Gasteiger partial charge is 0.341 e. The summed E-state index contributed by atoms with van der Waals surface area (Å²) in [6.07, 6.45) is 3.10. The summed E-state index contributed by atoms with van der Waals surface area (Å²) in [5.41, 5.74) is 2.24. The van der Waals surface area contributed by atoms with Crippen molar-refractivity contribution in [1.82, 2.24) is 9.80 Å². The van der Waals surface area contributed by atoms with E-state index < -0.39 is 0 Å². The van der Waals surface area contributed by atoms with Gasteiger partial charge in [0.15, 0.2) is 0 Å². The maximum absolute atomic E-state index is 13.0. The second-order valence-corrected chi connectivity index (χ2v) is 7.38. The fourth-order valence-electron chi connectivity index (χ4n) is 3.65. The van der Waals surface area contributed by atoms with Gasteiger partial charge < -0.3 is 9.80 Å². The molecule has 2 aromatic carbocycles. The van der Waals surface area contributed by atoms with Crippen molar-refractivity contribution < 1.29 is 9.59 Å². The Balaban J connectivity index is 1.60. The van der Waals surface area contributed by atoms with Crippen LogP contribution in [0.5, 0.6) is 0 Å². The molecule has 3 rings (SSSR count). The Morgan fingerprint density at radius 2 is 1.63 bits per heavy atom. The SMILES string of the molecule is CN(Cc1ccccc1)C(=O)CC1CCCCN(Cc2ccccc2)C1=O. The summed E-state index contributed by atoms with van der Waals surface area (Å²) in [6, 6.07) is 20.0. The average Bonchev–Trinajstić information content (AvgIpc) is 2.86. The van der Waals surface area contributed by atoms with Gasteiger partial charge in [-0.25, -0.2) is 0 Å². The molecule has 2 amide bonds. The van der Waals surface area contributed by atoms with E-state index in [1.807, 2.05) is 72.6 Å². The van der Waals surface area contributed by atoms with Gasteiger partial charge in [0, 0.05) is 39.0 Å². The molecule has 1 fully saturated rings. The fourth-order valence-corrected chi connectivity index (χ4v) is 3.65. The van der Waals surface area contributed by atoms with Crippen LogP contribution in [0.25, 0.3) is 0 Å². The minimum Gasteiger partial charge on any atom is -0.341 e. The number of benzene rings is 2. The summed E-state index contributed by atoms with van der Waals surface area (Å²) < 4.78 is 0. The van der Waals surface area contributed by atoms with Crippen LogP contribution in [0.1, 0.15) is 36.8 Å². The molecule has 27 heavy (non-hydrogen) atoms. The predicted octanol–water partition coefficient (Wildman–Crippen LogP) is 3.86. The van der Waals surface area contributed by atoms with E-state index in [-0.39, 0.29) is 17.7 Å². The first-order chi connectivity index (χ1) is 13.1. The van der Waals surface area contributed by atoms with Crippen LogP contribution >= 0.6 is 0 Å². The molecule has 1 unspecified atom stereocenters. The van der Waals surface area contributed by atoms with Gasteiger partial charge in [-0.2, -0.15) is 0 Å². The molecule has 1 aliphatic rings. The smallest absolute Gasteiger partial charge is 0.226 e. The molecule has 2 aromatic rings. The molecule has 4 heteroatoms. The molecule has 1 aliphatic heterocycles. The quantitative estimate of drug-likeness (QED) is 0.781. The molecule has 0 bridgehead atoms. The van der Waals surface area contributed by atoms with Crippen molar-refractivity contribution in [3.63, 3.8) is 0 Å². The number of rotatable bonds is 6. The minimum atomic E-state index is -0.207. The van der Waals surface area contributed by atoms with E-state index in [4.69, 9.17) is 0 Å². The maximum Gasteiger partial charge on any atom is 0.226 e. The van der Waals surface area contributed by atoms with Gasteiger partial charge in [-0.15, -0.1) is 0 Å². The highest BCUT2D eigenvalue weighted by Gasteiger charge is 2.29. The van der Waals surface area contributed by atoms with Crippen molar-refractivity contribution in [1.29, 1.82) is 0 Å². The van der Waals surface area contributed by atoms with Crippen molar-refractivity contribution in [2.75, 3.05) is 13.6 Å². The molecule has 1 saturated heterocycles. The van der Waals surface area contributed by atoms with Crippen LogP contribution in [-0.4, -0.2) is 35.2 Å². The lowest BCUT2D eigenvalue weighted by molar-refractivity contribution is -0.141. The lowest BCUT2D eigenvalue weighted by atomic mass is 9.97. The fraction of sp³-hybridized carbons (Fsp3) is 0.391. The topological polar surface area (TPSA) is 40.6 Å². The van der Waals surface area contributed by atoms with Crippen LogP contribution < -0.4 is 0 Å². The average molecular weight is 364 g/mol. The van der Waals surface area contributed by atoms with Crippen LogP contribution in [0, 0.1) is 5.92 Å². The summed E-state index contributed by atoms with van der Waals surface area (Å²) in [4.78, 5) is 29.4. The molecule has 0 aliphatic carbocycles. The Hall–Kier alpha value is -2.62. The van der Waals surface area contributed by atoms with Crippen molar-refractivity contribution >= 4 is 11.8 Å². The number of carbonyl (C=O) groups excluding carboxylic acids is 2. The molecule has 1 atom stereocenters. The Labute approximate surface area is 161 Å². The van der Waals surface area contributed by atoms with E-state index in [2.05, 4.69) is 0 Å². The second-order valence-electron chi connectivity index (χ2n) is 7.38. The van der Waals surface area contributed by atoms with Crippen molar-refractivity contribution in [2.45, 2.75) is 38.8 Å². The first-order valence-electron chi connectivity index (χ1n) is 9.74. The highest BCUT2D eigenvalue weighted by molar-refractivity contribution is 5.86. The van der Waals surface area contributed by atoms with E-state index in [9.17, 15) is 9.59 Å². The minimum absolute atomic E-state index is 0.0405. The Bertz CT molecular complexity index is 745. The van der Waals surface area contributed by atoms with Gasteiger partial charge in [0.2, 0.25) is 11.8 Å². The maximum atomic E-state index is 13.0.